The molecule has 0 spiro atoms. The van der Waals surface area contributed by atoms with Gasteiger partial charge in [0.2, 0.25) is 0 Å². The van der Waals surface area contributed by atoms with Crippen molar-refractivity contribution < 1.29 is 5.11 Å². The van der Waals surface area contributed by atoms with Crippen molar-refractivity contribution in [1.29, 1.82) is 0 Å². The molecule has 0 unspecified atom stereocenters. The van der Waals surface area contributed by atoms with E-state index >= 15 is 0 Å². The number of aliphatic hydroxyl groups excluding tert-OH is 1. The molecule has 1 fully saturated rings. The first kappa shape index (κ1) is 12.9. The molecule has 1 aliphatic heterocycles. The summed E-state index contributed by atoms with van der Waals surface area (Å²) in [4.78, 5) is 0. The highest BCUT2D eigenvalue weighted by atomic mass is 16.3. The highest BCUT2D eigenvalue weighted by Crippen LogP contribution is 2.18. The fourth-order valence-corrected chi connectivity index (χ4v) is 2.09. The van der Waals surface area contributed by atoms with Crippen LogP contribution in [0.3, 0.4) is 0 Å². The summed E-state index contributed by atoms with van der Waals surface area (Å²) in [5.74, 6) is 0.844. The van der Waals surface area contributed by atoms with E-state index in [0.717, 1.165) is 25.4 Å². The van der Waals surface area contributed by atoms with Crippen LogP contribution in [0.25, 0.3) is 0 Å². The molecule has 0 radical (unpaired) electrons. The lowest BCUT2D eigenvalue weighted by molar-refractivity contribution is 0.203. The fourth-order valence-electron chi connectivity index (χ4n) is 2.09. The number of nitrogens with one attached hydrogen (secondary N) is 2. The first-order valence-electron chi connectivity index (χ1n) is 6.16. The lowest BCUT2D eigenvalue weighted by Crippen LogP contribution is -2.37. The van der Waals surface area contributed by atoms with Crippen LogP contribution in [-0.4, -0.2) is 37.9 Å². The minimum atomic E-state index is 0.224. The summed E-state index contributed by atoms with van der Waals surface area (Å²) in [6.45, 7) is 9.20. The molecule has 3 N–H and O–H groups in total. The second kappa shape index (κ2) is 6.46. The molecule has 90 valence electrons. The molecule has 0 bridgehead atoms. The van der Waals surface area contributed by atoms with Crippen LogP contribution < -0.4 is 10.6 Å². The molecule has 1 rings (SSSR count). The number of aliphatic hydroxyl groups is 1. The van der Waals surface area contributed by atoms with Crippen LogP contribution in [0.1, 0.15) is 33.1 Å². The molecule has 1 aliphatic rings. The minimum Gasteiger partial charge on any atom is -0.396 e. The highest BCUT2D eigenvalue weighted by molar-refractivity contribution is 4.74. The predicted octanol–water partition coefficient (Wildman–Crippen LogP) is 0.984. The van der Waals surface area contributed by atoms with Gasteiger partial charge < -0.3 is 15.7 Å². The van der Waals surface area contributed by atoms with Crippen molar-refractivity contribution in [3.63, 3.8) is 0 Å². The molecule has 1 saturated heterocycles. The molecule has 0 aromatic rings. The standard InChI is InChI=1S/C12H26N2O/c1-12(2,5-8-15)10-14-9-11-3-6-13-7-4-11/h11,13-15H,3-10H2,1-2H3. The number of rotatable bonds is 6. The molecule has 15 heavy (non-hydrogen) atoms. The summed E-state index contributed by atoms with van der Waals surface area (Å²) in [7, 11) is 0. The maximum atomic E-state index is 8.91. The molecule has 0 aliphatic carbocycles. The van der Waals surface area contributed by atoms with E-state index in [4.69, 9.17) is 5.11 Å². The third-order valence-corrected chi connectivity index (χ3v) is 3.28. The summed E-state index contributed by atoms with van der Waals surface area (Å²) >= 11 is 0. The maximum absolute atomic E-state index is 8.91. The Morgan fingerprint density at radius 2 is 2.00 bits per heavy atom. The van der Waals surface area contributed by atoms with E-state index in [1.165, 1.54) is 25.9 Å². The van der Waals surface area contributed by atoms with Crippen LogP contribution in [0.4, 0.5) is 0 Å². The van der Waals surface area contributed by atoms with Gasteiger partial charge in [0.1, 0.15) is 0 Å². The maximum Gasteiger partial charge on any atom is 0.0436 e. The summed E-state index contributed by atoms with van der Waals surface area (Å²) in [5, 5.41) is 15.8. The zero-order valence-electron chi connectivity index (χ0n) is 10.2. The van der Waals surface area contributed by atoms with Crippen molar-refractivity contribution in [1.82, 2.24) is 10.6 Å². The van der Waals surface area contributed by atoms with Gasteiger partial charge in [0.05, 0.1) is 0 Å². The predicted molar refractivity (Wildman–Crippen MR) is 63.9 cm³/mol. The quantitative estimate of drug-likeness (QED) is 0.618. The van der Waals surface area contributed by atoms with E-state index in [0.29, 0.717) is 6.61 Å². The number of hydrogen-bond acceptors (Lipinski definition) is 3. The van der Waals surface area contributed by atoms with Gasteiger partial charge in [0.25, 0.3) is 0 Å². The van der Waals surface area contributed by atoms with Gasteiger partial charge in [0, 0.05) is 13.2 Å². The van der Waals surface area contributed by atoms with Crippen LogP contribution in [0, 0.1) is 11.3 Å². The van der Waals surface area contributed by atoms with Crippen LogP contribution in [0.15, 0.2) is 0 Å². The average molecular weight is 214 g/mol. The Bertz CT molecular complexity index is 165. The summed E-state index contributed by atoms with van der Waals surface area (Å²) in [5.41, 5.74) is 0.224. The fraction of sp³-hybridized carbons (Fsp3) is 1.00. The van der Waals surface area contributed by atoms with Gasteiger partial charge in [-0.2, -0.15) is 0 Å². The van der Waals surface area contributed by atoms with E-state index in [9.17, 15) is 0 Å². The second-order valence-electron chi connectivity index (χ2n) is 5.46. The van der Waals surface area contributed by atoms with Gasteiger partial charge in [-0.15, -0.1) is 0 Å². The van der Waals surface area contributed by atoms with Gasteiger partial charge in [0.15, 0.2) is 0 Å². The van der Waals surface area contributed by atoms with Crippen molar-refractivity contribution >= 4 is 0 Å². The minimum absolute atomic E-state index is 0.224. The van der Waals surface area contributed by atoms with E-state index in [1.807, 2.05) is 0 Å². The van der Waals surface area contributed by atoms with Gasteiger partial charge >= 0.3 is 0 Å². The molecule has 0 saturated carbocycles. The van der Waals surface area contributed by atoms with Crippen molar-refractivity contribution in [2.45, 2.75) is 33.1 Å². The van der Waals surface area contributed by atoms with Crippen molar-refractivity contribution in [2.24, 2.45) is 11.3 Å². The van der Waals surface area contributed by atoms with Crippen LogP contribution in [0.2, 0.25) is 0 Å². The Morgan fingerprint density at radius 3 is 2.60 bits per heavy atom. The Hall–Kier alpha value is -0.120. The average Bonchev–Trinajstić information content (AvgIpc) is 2.19. The lowest BCUT2D eigenvalue weighted by atomic mass is 9.89. The lowest BCUT2D eigenvalue weighted by Gasteiger charge is -2.27. The first-order chi connectivity index (χ1) is 7.14. The Morgan fingerprint density at radius 1 is 1.33 bits per heavy atom. The summed E-state index contributed by atoms with van der Waals surface area (Å²) < 4.78 is 0. The molecule has 0 amide bonds. The molecule has 3 heteroatoms. The smallest absolute Gasteiger partial charge is 0.0436 e. The normalized spacial score (nSPS) is 19.4. The van der Waals surface area contributed by atoms with Gasteiger partial charge in [-0.1, -0.05) is 13.8 Å². The van der Waals surface area contributed by atoms with Gasteiger partial charge in [-0.05, 0) is 50.2 Å². The van der Waals surface area contributed by atoms with Crippen LogP contribution in [-0.2, 0) is 0 Å². The van der Waals surface area contributed by atoms with Gasteiger partial charge in [-0.25, -0.2) is 0 Å². The highest BCUT2D eigenvalue weighted by Gasteiger charge is 2.18. The topological polar surface area (TPSA) is 44.3 Å². The summed E-state index contributed by atoms with van der Waals surface area (Å²) in [6.07, 6.45) is 3.48. The Labute approximate surface area is 93.6 Å². The second-order valence-corrected chi connectivity index (χ2v) is 5.46. The van der Waals surface area contributed by atoms with E-state index in [2.05, 4.69) is 24.5 Å². The van der Waals surface area contributed by atoms with E-state index in [-0.39, 0.29) is 5.41 Å². The van der Waals surface area contributed by atoms with Crippen molar-refractivity contribution in [3.05, 3.63) is 0 Å². The molecule has 0 aromatic heterocycles. The molecule has 0 atom stereocenters. The van der Waals surface area contributed by atoms with Crippen molar-refractivity contribution in [2.75, 3.05) is 32.8 Å². The van der Waals surface area contributed by atoms with E-state index in [1.54, 1.807) is 0 Å². The third kappa shape index (κ3) is 5.50. The number of piperidine rings is 1. The zero-order chi connectivity index (χ0) is 11.1. The summed E-state index contributed by atoms with van der Waals surface area (Å²) in [6, 6.07) is 0. The number of hydrogen-bond donors (Lipinski definition) is 3. The molecular formula is C12H26N2O. The first-order valence-corrected chi connectivity index (χ1v) is 6.16. The van der Waals surface area contributed by atoms with Crippen LogP contribution in [0.5, 0.6) is 0 Å². The third-order valence-electron chi connectivity index (χ3n) is 3.28. The molecule has 0 aromatic carbocycles. The SMILES string of the molecule is CC(C)(CCO)CNCC1CCNCC1. The monoisotopic (exact) mass is 214 g/mol. The molecular weight excluding hydrogens is 188 g/mol. The molecule has 3 nitrogen and oxygen atoms in total. The zero-order valence-corrected chi connectivity index (χ0v) is 10.2. The van der Waals surface area contributed by atoms with Crippen molar-refractivity contribution in [3.8, 4) is 0 Å². The molecule has 1 heterocycles. The largest absolute Gasteiger partial charge is 0.396 e. The Balaban J connectivity index is 2.09. The van der Waals surface area contributed by atoms with Crippen LogP contribution >= 0.6 is 0 Å². The van der Waals surface area contributed by atoms with E-state index < -0.39 is 0 Å². The Kier molecular flexibility index (Phi) is 5.58. The van der Waals surface area contributed by atoms with Gasteiger partial charge in [-0.3, -0.25) is 0 Å².